The number of carbonyl (C=O) groups excluding carboxylic acids is 1. The highest BCUT2D eigenvalue weighted by Crippen LogP contribution is 2.07. The lowest BCUT2D eigenvalue weighted by Gasteiger charge is -2.15. The van der Waals surface area contributed by atoms with Gasteiger partial charge in [0.15, 0.2) is 0 Å². The van der Waals surface area contributed by atoms with Crippen molar-refractivity contribution in [2.45, 2.75) is 33.6 Å². The minimum absolute atomic E-state index is 0.306. The molecule has 4 nitrogen and oxygen atoms in total. The molecule has 1 aromatic heterocycles. The molecule has 0 radical (unpaired) electrons. The van der Waals surface area contributed by atoms with Crippen molar-refractivity contribution in [1.82, 2.24) is 4.90 Å². The van der Waals surface area contributed by atoms with E-state index >= 15 is 0 Å². The number of pyridine rings is 1. The van der Waals surface area contributed by atoms with Crippen molar-refractivity contribution >= 4 is 6.09 Å². The summed E-state index contributed by atoms with van der Waals surface area (Å²) in [4.78, 5) is 18.8. The van der Waals surface area contributed by atoms with Crippen LogP contribution < -0.4 is 9.57 Å². The third-order valence-corrected chi connectivity index (χ3v) is 2.64. The molecule has 0 N–H and O–H groups in total. The van der Waals surface area contributed by atoms with Crippen molar-refractivity contribution in [1.29, 1.82) is 0 Å². The molecule has 0 atom stereocenters. The Kier molecular flexibility index (Phi) is 4.94. The normalized spacial score (nSPS) is 10.4. The molecule has 0 bridgehead atoms. The summed E-state index contributed by atoms with van der Waals surface area (Å²) in [5.74, 6) is 0.306. The number of hydrogen-bond donors (Lipinski definition) is 0. The second-order valence-electron chi connectivity index (χ2n) is 4.14. The zero-order valence-electron chi connectivity index (χ0n) is 11.0. The smallest absolute Gasteiger partial charge is 0.303 e. The van der Waals surface area contributed by atoms with Gasteiger partial charge in [0.05, 0.1) is 0 Å². The minimum atomic E-state index is -0.312. The fourth-order valence-electron chi connectivity index (χ4n) is 1.60. The second-order valence-corrected chi connectivity index (χ2v) is 4.14. The molecule has 0 unspecified atom stereocenters. The lowest BCUT2D eigenvalue weighted by molar-refractivity contribution is -0.875. The van der Waals surface area contributed by atoms with E-state index in [1.165, 1.54) is 0 Å². The van der Waals surface area contributed by atoms with Gasteiger partial charge >= 0.3 is 6.09 Å². The monoisotopic (exact) mass is 237 g/mol. The maximum absolute atomic E-state index is 11.8. The number of nitrogens with zero attached hydrogens (tertiary/aromatic N) is 2. The van der Waals surface area contributed by atoms with Gasteiger partial charge in [0.1, 0.15) is 0 Å². The Labute approximate surface area is 103 Å². The van der Waals surface area contributed by atoms with Gasteiger partial charge in [0.25, 0.3) is 0 Å². The van der Waals surface area contributed by atoms with Crippen LogP contribution in [-0.2, 0) is 0 Å². The first-order valence-electron chi connectivity index (χ1n) is 6.07. The fraction of sp³-hybridized carbons (Fsp3) is 0.538. The zero-order valence-corrected chi connectivity index (χ0v) is 11.0. The Hall–Kier alpha value is -1.58. The molecule has 0 aliphatic rings. The predicted octanol–water partition coefficient (Wildman–Crippen LogP) is 1.99. The highest BCUT2D eigenvalue weighted by Gasteiger charge is 2.22. The van der Waals surface area contributed by atoms with E-state index in [-0.39, 0.29) is 6.09 Å². The SMILES string of the molecule is CCN(CC)C(=O)O[n+]1ccccc1C(C)C. The summed E-state index contributed by atoms with van der Waals surface area (Å²) in [6, 6.07) is 5.75. The van der Waals surface area contributed by atoms with Crippen LogP contribution in [0, 0.1) is 0 Å². The van der Waals surface area contributed by atoms with Gasteiger partial charge in [-0.05, 0) is 19.9 Å². The van der Waals surface area contributed by atoms with Gasteiger partial charge in [0.2, 0.25) is 11.9 Å². The Morgan fingerprint density at radius 1 is 1.35 bits per heavy atom. The predicted molar refractivity (Wildman–Crippen MR) is 65.6 cm³/mol. The van der Waals surface area contributed by atoms with E-state index in [0.717, 1.165) is 5.69 Å². The van der Waals surface area contributed by atoms with Crippen molar-refractivity contribution in [3.05, 3.63) is 30.1 Å². The molecule has 1 amide bonds. The lowest BCUT2D eigenvalue weighted by atomic mass is 10.1. The maximum atomic E-state index is 11.8. The summed E-state index contributed by atoms with van der Waals surface area (Å²) < 4.78 is 1.55. The van der Waals surface area contributed by atoms with Crippen LogP contribution in [0.2, 0.25) is 0 Å². The van der Waals surface area contributed by atoms with Crippen LogP contribution in [0.3, 0.4) is 0 Å². The first-order valence-corrected chi connectivity index (χ1v) is 6.07. The number of hydrogen-bond acceptors (Lipinski definition) is 2. The van der Waals surface area contributed by atoms with Crippen LogP contribution >= 0.6 is 0 Å². The van der Waals surface area contributed by atoms with Crippen molar-refractivity contribution in [2.24, 2.45) is 0 Å². The van der Waals surface area contributed by atoms with Crippen molar-refractivity contribution in [3.63, 3.8) is 0 Å². The standard InChI is InChI=1S/C13H21N2O2/c1-5-14(6-2)13(16)17-15-10-8-7-9-12(15)11(3)4/h7-11H,5-6H2,1-4H3/q+1. The summed E-state index contributed by atoms with van der Waals surface area (Å²) in [6.07, 6.45) is 1.45. The summed E-state index contributed by atoms with van der Waals surface area (Å²) in [5, 5.41) is 0. The Balaban J connectivity index is 2.84. The van der Waals surface area contributed by atoms with Crippen LogP contribution in [0.1, 0.15) is 39.3 Å². The van der Waals surface area contributed by atoms with E-state index in [4.69, 9.17) is 4.84 Å². The zero-order chi connectivity index (χ0) is 12.8. The Bertz CT molecular complexity index is 373. The molecule has 17 heavy (non-hydrogen) atoms. The molecule has 0 aromatic carbocycles. The Morgan fingerprint density at radius 2 is 2.00 bits per heavy atom. The van der Waals surface area contributed by atoms with Gasteiger partial charge in [-0.1, -0.05) is 13.8 Å². The highest BCUT2D eigenvalue weighted by molar-refractivity contribution is 5.66. The molecular weight excluding hydrogens is 216 g/mol. The first kappa shape index (κ1) is 13.5. The van der Waals surface area contributed by atoms with E-state index < -0.39 is 0 Å². The van der Waals surface area contributed by atoms with Gasteiger partial charge in [-0.3, -0.25) is 0 Å². The Morgan fingerprint density at radius 3 is 2.53 bits per heavy atom. The number of rotatable bonds is 4. The molecule has 94 valence electrons. The van der Waals surface area contributed by atoms with Gasteiger partial charge in [-0.2, -0.15) is 4.84 Å². The molecule has 4 heteroatoms. The van der Waals surface area contributed by atoms with Gasteiger partial charge < -0.3 is 4.90 Å². The van der Waals surface area contributed by atoms with Crippen LogP contribution in [-0.4, -0.2) is 24.1 Å². The molecule has 0 aliphatic carbocycles. The van der Waals surface area contributed by atoms with E-state index in [1.54, 1.807) is 15.8 Å². The molecule has 0 spiro atoms. The molecule has 1 heterocycles. The van der Waals surface area contributed by atoms with Gasteiger partial charge in [-0.15, -0.1) is 0 Å². The molecular formula is C13H21N2O2+. The number of amides is 1. The van der Waals surface area contributed by atoms with Crippen LogP contribution in [0.15, 0.2) is 24.4 Å². The highest BCUT2D eigenvalue weighted by atomic mass is 16.7. The summed E-state index contributed by atoms with van der Waals surface area (Å²) in [7, 11) is 0. The summed E-state index contributed by atoms with van der Waals surface area (Å²) >= 11 is 0. The average molecular weight is 237 g/mol. The van der Waals surface area contributed by atoms with Gasteiger partial charge in [-0.25, -0.2) is 4.79 Å². The number of aromatic nitrogens is 1. The van der Waals surface area contributed by atoms with Crippen LogP contribution in [0.5, 0.6) is 0 Å². The largest absolute Gasteiger partial charge is 0.478 e. The maximum Gasteiger partial charge on any atom is 0.478 e. The van der Waals surface area contributed by atoms with Gasteiger partial charge in [0, 0.05) is 35.9 Å². The van der Waals surface area contributed by atoms with Crippen LogP contribution in [0.4, 0.5) is 4.79 Å². The van der Waals surface area contributed by atoms with Crippen LogP contribution in [0.25, 0.3) is 0 Å². The molecule has 1 aromatic rings. The molecule has 0 saturated heterocycles. The second kappa shape index (κ2) is 6.23. The van der Waals surface area contributed by atoms with E-state index in [2.05, 4.69) is 13.8 Å². The molecule has 0 saturated carbocycles. The average Bonchev–Trinajstić information content (AvgIpc) is 2.31. The molecule has 0 aliphatic heterocycles. The lowest BCUT2D eigenvalue weighted by Crippen LogP contribution is -2.53. The van der Waals surface area contributed by atoms with E-state index in [9.17, 15) is 4.79 Å². The molecule has 0 fully saturated rings. The third-order valence-electron chi connectivity index (χ3n) is 2.64. The van der Waals surface area contributed by atoms with Crippen molar-refractivity contribution < 1.29 is 14.4 Å². The topological polar surface area (TPSA) is 33.4 Å². The third kappa shape index (κ3) is 3.44. The van der Waals surface area contributed by atoms with Crippen molar-refractivity contribution in [3.8, 4) is 0 Å². The quantitative estimate of drug-likeness (QED) is 0.750. The fourth-order valence-corrected chi connectivity index (χ4v) is 1.60. The first-order chi connectivity index (χ1) is 8.10. The van der Waals surface area contributed by atoms with E-state index in [0.29, 0.717) is 19.0 Å². The summed E-state index contributed by atoms with van der Waals surface area (Å²) in [6.45, 7) is 9.31. The van der Waals surface area contributed by atoms with Crippen molar-refractivity contribution in [2.75, 3.05) is 13.1 Å². The van der Waals surface area contributed by atoms with E-state index in [1.807, 2.05) is 32.0 Å². The number of carbonyl (C=O) groups is 1. The molecule has 1 rings (SSSR count). The minimum Gasteiger partial charge on any atom is -0.303 e. The summed E-state index contributed by atoms with van der Waals surface area (Å²) in [5.41, 5.74) is 0.980.